The molecule has 4 nitrogen and oxygen atoms in total. The van der Waals surface area contributed by atoms with Crippen LogP contribution in [0.2, 0.25) is 0 Å². The Labute approximate surface area is 137 Å². The lowest BCUT2D eigenvalue weighted by molar-refractivity contribution is -0.142. The number of carbonyl (C=O) groups is 1. The van der Waals surface area contributed by atoms with Gasteiger partial charge in [-0.05, 0) is 24.1 Å². The van der Waals surface area contributed by atoms with E-state index in [0.717, 1.165) is 5.56 Å². The summed E-state index contributed by atoms with van der Waals surface area (Å²) >= 11 is 0. The van der Waals surface area contributed by atoms with Gasteiger partial charge in [-0.3, -0.25) is 4.79 Å². The predicted molar refractivity (Wildman–Crippen MR) is 88.8 cm³/mol. The molecule has 0 radical (unpaired) electrons. The number of ether oxygens (including phenoxy) is 1. The van der Waals surface area contributed by atoms with Crippen LogP contribution in [0.5, 0.6) is 0 Å². The fraction of sp³-hybridized carbons (Fsp3) is 0.278. The minimum Gasteiger partial charge on any atom is -0.466 e. The van der Waals surface area contributed by atoms with Crippen molar-refractivity contribution in [2.24, 2.45) is 5.92 Å². The maximum atomic E-state index is 12.5. The molecule has 0 aliphatic heterocycles. The highest BCUT2D eigenvalue weighted by Gasteiger charge is 2.22. The number of benzene rings is 2. The Morgan fingerprint density at radius 1 is 1.00 bits per heavy atom. The highest BCUT2D eigenvalue weighted by molar-refractivity contribution is 7.91. The molecule has 0 heterocycles. The first-order valence-corrected chi connectivity index (χ1v) is 9.07. The third-order valence-electron chi connectivity index (χ3n) is 3.45. The average molecular weight is 332 g/mol. The number of esters is 1. The first kappa shape index (κ1) is 17.2. The van der Waals surface area contributed by atoms with Crippen LogP contribution >= 0.6 is 0 Å². The summed E-state index contributed by atoms with van der Waals surface area (Å²) in [4.78, 5) is 11.4. The molecule has 1 atom stereocenters. The summed E-state index contributed by atoms with van der Waals surface area (Å²) in [5, 5.41) is 0. The third-order valence-corrected chi connectivity index (χ3v) is 5.35. The number of hydrogen-bond donors (Lipinski definition) is 0. The van der Waals surface area contributed by atoms with E-state index in [2.05, 4.69) is 0 Å². The summed E-state index contributed by atoms with van der Waals surface area (Å²) in [6.07, 6.45) is 0.542. The first-order chi connectivity index (χ1) is 11.0. The molecular formula is C18H20O4S. The molecule has 0 amide bonds. The van der Waals surface area contributed by atoms with Crippen LogP contribution in [-0.4, -0.2) is 26.7 Å². The van der Waals surface area contributed by atoms with Crippen molar-refractivity contribution < 1.29 is 17.9 Å². The normalized spacial score (nSPS) is 12.6. The monoisotopic (exact) mass is 332 g/mol. The summed E-state index contributed by atoms with van der Waals surface area (Å²) in [6.45, 7) is 1.42. The van der Waals surface area contributed by atoms with Crippen LogP contribution in [0.3, 0.4) is 0 Å². The van der Waals surface area contributed by atoms with Crippen LogP contribution in [-0.2, 0) is 25.8 Å². The molecule has 2 aromatic rings. The number of sulfone groups is 1. The smallest absolute Gasteiger partial charge is 0.302 e. The van der Waals surface area contributed by atoms with Crippen molar-refractivity contribution >= 4 is 15.8 Å². The molecule has 0 aliphatic carbocycles. The zero-order chi connectivity index (χ0) is 16.7. The summed E-state index contributed by atoms with van der Waals surface area (Å²) < 4.78 is 30.1. The van der Waals surface area contributed by atoms with Crippen LogP contribution in [0.1, 0.15) is 12.5 Å². The van der Waals surface area contributed by atoms with Crippen molar-refractivity contribution in [3.05, 3.63) is 66.2 Å². The van der Waals surface area contributed by atoms with E-state index >= 15 is 0 Å². The zero-order valence-electron chi connectivity index (χ0n) is 13.0. The molecule has 0 unspecified atom stereocenters. The van der Waals surface area contributed by atoms with Crippen molar-refractivity contribution in [2.45, 2.75) is 18.2 Å². The van der Waals surface area contributed by atoms with Crippen molar-refractivity contribution in [1.29, 1.82) is 0 Å². The van der Waals surface area contributed by atoms with Crippen LogP contribution in [0.4, 0.5) is 0 Å². The van der Waals surface area contributed by atoms with E-state index < -0.39 is 15.8 Å². The summed E-state index contributed by atoms with van der Waals surface area (Å²) in [7, 11) is -3.42. The molecule has 122 valence electrons. The molecule has 0 aromatic heterocycles. The third kappa shape index (κ3) is 5.53. The second-order valence-corrected chi connectivity index (χ2v) is 7.49. The van der Waals surface area contributed by atoms with Crippen molar-refractivity contribution in [2.75, 3.05) is 12.4 Å². The maximum Gasteiger partial charge on any atom is 0.302 e. The molecule has 2 rings (SSSR count). The van der Waals surface area contributed by atoms with Crippen molar-refractivity contribution in [1.82, 2.24) is 0 Å². The van der Waals surface area contributed by atoms with Crippen LogP contribution in [0.25, 0.3) is 0 Å². The highest BCUT2D eigenvalue weighted by Crippen LogP contribution is 2.18. The Bertz CT molecular complexity index is 724. The molecule has 5 heteroatoms. The molecule has 23 heavy (non-hydrogen) atoms. The van der Waals surface area contributed by atoms with E-state index in [1.807, 2.05) is 30.3 Å². The van der Waals surface area contributed by atoms with Crippen molar-refractivity contribution in [3.8, 4) is 0 Å². The fourth-order valence-electron chi connectivity index (χ4n) is 2.38. The molecule has 2 aromatic carbocycles. The minimum atomic E-state index is -3.42. The average Bonchev–Trinajstić information content (AvgIpc) is 2.54. The molecule has 0 spiro atoms. The van der Waals surface area contributed by atoms with Gasteiger partial charge in [0.05, 0.1) is 17.3 Å². The maximum absolute atomic E-state index is 12.5. The molecule has 0 fully saturated rings. The van der Waals surface area contributed by atoms with Crippen LogP contribution < -0.4 is 0 Å². The SMILES string of the molecule is CC(=O)OC[C@@H](Cc1ccccc1)CS(=O)(=O)c1ccccc1. The predicted octanol–water partition coefficient (Wildman–Crippen LogP) is 2.88. The standard InChI is InChI=1S/C18H20O4S/c1-15(19)22-13-17(12-16-8-4-2-5-9-16)14-23(20,21)18-10-6-3-7-11-18/h2-11,17H,12-14H2,1H3/t17-/m1/s1. The van der Waals surface area contributed by atoms with E-state index in [0.29, 0.717) is 11.3 Å². The summed E-state index contributed by atoms with van der Waals surface area (Å²) in [6, 6.07) is 17.9. The van der Waals surface area contributed by atoms with Gasteiger partial charge in [0, 0.05) is 12.8 Å². The molecular weight excluding hydrogens is 312 g/mol. The van der Waals surface area contributed by atoms with Gasteiger partial charge < -0.3 is 4.74 Å². The van der Waals surface area contributed by atoms with Crippen molar-refractivity contribution in [3.63, 3.8) is 0 Å². The van der Waals surface area contributed by atoms with Crippen LogP contribution in [0.15, 0.2) is 65.6 Å². The Kier molecular flexibility index (Phi) is 5.93. The number of rotatable bonds is 7. The van der Waals surface area contributed by atoms with Gasteiger partial charge >= 0.3 is 5.97 Å². The van der Waals surface area contributed by atoms with Gasteiger partial charge in [-0.15, -0.1) is 0 Å². The van der Waals surface area contributed by atoms with Gasteiger partial charge in [-0.1, -0.05) is 48.5 Å². The van der Waals surface area contributed by atoms with Gasteiger partial charge in [-0.2, -0.15) is 0 Å². The Morgan fingerprint density at radius 2 is 1.57 bits per heavy atom. The molecule has 0 bridgehead atoms. The first-order valence-electron chi connectivity index (χ1n) is 7.42. The second-order valence-electron chi connectivity index (χ2n) is 5.45. The largest absolute Gasteiger partial charge is 0.466 e. The van der Waals surface area contributed by atoms with E-state index in [-0.39, 0.29) is 18.3 Å². The van der Waals surface area contributed by atoms with E-state index in [1.54, 1.807) is 30.3 Å². The topological polar surface area (TPSA) is 60.4 Å². The van der Waals surface area contributed by atoms with Gasteiger partial charge in [0.2, 0.25) is 0 Å². The zero-order valence-corrected chi connectivity index (χ0v) is 13.8. The lowest BCUT2D eigenvalue weighted by Gasteiger charge is -2.17. The Morgan fingerprint density at radius 3 is 2.13 bits per heavy atom. The van der Waals surface area contributed by atoms with E-state index in [4.69, 9.17) is 4.74 Å². The quantitative estimate of drug-likeness (QED) is 0.732. The highest BCUT2D eigenvalue weighted by atomic mass is 32.2. The Balaban J connectivity index is 2.15. The number of hydrogen-bond acceptors (Lipinski definition) is 4. The molecule has 0 saturated carbocycles. The van der Waals surface area contributed by atoms with Crippen LogP contribution in [0, 0.1) is 5.92 Å². The van der Waals surface area contributed by atoms with Gasteiger partial charge in [-0.25, -0.2) is 8.42 Å². The molecule has 0 saturated heterocycles. The minimum absolute atomic E-state index is 0.0564. The van der Waals surface area contributed by atoms with Gasteiger partial charge in [0.25, 0.3) is 0 Å². The lowest BCUT2D eigenvalue weighted by Crippen LogP contribution is -2.24. The van der Waals surface area contributed by atoms with E-state index in [9.17, 15) is 13.2 Å². The fourth-order valence-corrected chi connectivity index (χ4v) is 3.98. The summed E-state index contributed by atoms with van der Waals surface area (Å²) in [5.74, 6) is -0.745. The van der Waals surface area contributed by atoms with E-state index in [1.165, 1.54) is 6.92 Å². The lowest BCUT2D eigenvalue weighted by atomic mass is 10.0. The number of carbonyl (C=O) groups excluding carboxylic acids is 1. The second kappa shape index (κ2) is 7.92. The Hall–Kier alpha value is -2.14. The molecule has 0 N–H and O–H groups in total. The van der Waals surface area contributed by atoms with Gasteiger partial charge in [0.15, 0.2) is 9.84 Å². The van der Waals surface area contributed by atoms with Gasteiger partial charge in [0.1, 0.15) is 0 Å². The molecule has 0 aliphatic rings. The summed E-state index contributed by atoms with van der Waals surface area (Å²) in [5.41, 5.74) is 1.02.